The smallest absolute Gasteiger partial charge is 0.341 e. The lowest BCUT2D eigenvalue weighted by Gasteiger charge is -2.17. The molecule has 7 heteroatoms. The van der Waals surface area contributed by atoms with Gasteiger partial charge in [-0.1, -0.05) is 20.8 Å². The number of benzene rings is 2. The van der Waals surface area contributed by atoms with E-state index in [0.29, 0.717) is 11.3 Å². The number of anilines is 1. The van der Waals surface area contributed by atoms with Crippen LogP contribution in [0.15, 0.2) is 42.5 Å². The minimum atomic E-state index is -0.942. The maximum absolute atomic E-state index is 13.9. The van der Waals surface area contributed by atoms with Crippen molar-refractivity contribution in [3.05, 3.63) is 59.4 Å². The number of esters is 1. The highest BCUT2D eigenvalue weighted by molar-refractivity contribution is 6.00. The number of halogens is 1. The van der Waals surface area contributed by atoms with Crippen molar-refractivity contribution in [2.45, 2.75) is 20.8 Å². The van der Waals surface area contributed by atoms with Gasteiger partial charge in [0.25, 0.3) is 0 Å². The number of methoxy groups -OCH3 is 1. The summed E-state index contributed by atoms with van der Waals surface area (Å²) in [6, 6.07) is 9.91. The maximum Gasteiger partial charge on any atom is 0.341 e. The highest BCUT2D eigenvalue weighted by Crippen LogP contribution is 2.19. The molecule has 0 heterocycles. The summed E-state index contributed by atoms with van der Waals surface area (Å²) in [7, 11) is 1.38. The molecule has 0 spiro atoms. The van der Waals surface area contributed by atoms with Gasteiger partial charge in [0, 0.05) is 22.7 Å². The fourth-order valence-corrected chi connectivity index (χ4v) is 2.14. The molecule has 0 bridgehead atoms. The lowest BCUT2D eigenvalue weighted by molar-refractivity contribution is -0.123. The Bertz CT molecular complexity index is 885. The van der Waals surface area contributed by atoms with Gasteiger partial charge in [0.1, 0.15) is 11.6 Å². The molecule has 1 N–H and O–H groups in total. The second kappa shape index (κ2) is 8.65. The van der Waals surface area contributed by atoms with E-state index < -0.39 is 29.6 Å². The first-order valence-electron chi connectivity index (χ1n) is 8.57. The van der Waals surface area contributed by atoms with Gasteiger partial charge in [-0.3, -0.25) is 9.59 Å². The number of Topliss-reactive ketones (excluding diaryl/α,β-unsaturated/α-hetero) is 1. The zero-order valence-corrected chi connectivity index (χ0v) is 16.2. The van der Waals surface area contributed by atoms with E-state index in [0.717, 1.165) is 6.07 Å². The van der Waals surface area contributed by atoms with Crippen LogP contribution in [-0.4, -0.2) is 31.4 Å². The number of nitrogens with one attached hydrogen (secondary N) is 1. The summed E-state index contributed by atoms with van der Waals surface area (Å²) in [6.07, 6.45) is 0. The highest BCUT2D eigenvalue weighted by atomic mass is 19.1. The van der Waals surface area contributed by atoms with E-state index >= 15 is 0 Å². The van der Waals surface area contributed by atoms with Crippen molar-refractivity contribution in [3.63, 3.8) is 0 Å². The Hall–Kier alpha value is -3.22. The van der Waals surface area contributed by atoms with Crippen molar-refractivity contribution in [1.82, 2.24) is 0 Å². The lowest BCUT2D eigenvalue weighted by atomic mass is 9.95. The summed E-state index contributed by atoms with van der Waals surface area (Å²) in [4.78, 5) is 36.1. The zero-order chi connectivity index (χ0) is 20.9. The fraction of sp³-hybridized carbons (Fsp3) is 0.286. The molecule has 2 aromatic rings. The Labute approximate surface area is 162 Å². The Morgan fingerprint density at radius 2 is 1.68 bits per heavy atom. The summed E-state index contributed by atoms with van der Waals surface area (Å²) >= 11 is 0. The van der Waals surface area contributed by atoms with Gasteiger partial charge in [-0.2, -0.15) is 0 Å². The average molecular weight is 387 g/mol. The quantitative estimate of drug-likeness (QED) is 0.601. The van der Waals surface area contributed by atoms with Crippen molar-refractivity contribution in [2.75, 3.05) is 19.0 Å². The second-order valence-corrected chi connectivity index (χ2v) is 7.13. The Kier molecular flexibility index (Phi) is 6.51. The monoisotopic (exact) mass is 387 g/mol. The molecule has 0 aromatic heterocycles. The molecular weight excluding hydrogens is 365 g/mol. The van der Waals surface area contributed by atoms with Crippen LogP contribution in [-0.2, 0) is 9.53 Å². The molecule has 28 heavy (non-hydrogen) atoms. The summed E-state index contributed by atoms with van der Waals surface area (Å²) in [5, 5.41) is 2.75. The number of ketones is 1. The van der Waals surface area contributed by atoms with Gasteiger partial charge in [0.15, 0.2) is 12.4 Å². The van der Waals surface area contributed by atoms with Crippen LogP contribution < -0.4 is 10.1 Å². The molecule has 2 aromatic carbocycles. The van der Waals surface area contributed by atoms with Gasteiger partial charge >= 0.3 is 5.97 Å². The van der Waals surface area contributed by atoms with Crippen molar-refractivity contribution >= 4 is 23.3 Å². The first-order chi connectivity index (χ1) is 13.1. The number of carbonyl (C=O) groups excluding carboxylic acids is 3. The molecule has 1 amide bonds. The number of amides is 1. The molecule has 0 aliphatic carbocycles. The van der Waals surface area contributed by atoms with E-state index in [1.165, 1.54) is 31.4 Å². The molecule has 0 atom stereocenters. The third-order valence-electron chi connectivity index (χ3n) is 3.88. The number of carbonyl (C=O) groups is 3. The predicted molar refractivity (Wildman–Crippen MR) is 102 cm³/mol. The van der Waals surface area contributed by atoms with Gasteiger partial charge in [0.2, 0.25) is 5.91 Å². The summed E-state index contributed by atoms with van der Waals surface area (Å²) in [6.45, 7) is 4.85. The van der Waals surface area contributed by atoms with Crippen LogP contribution in [0.5, 0.6) is 5.75 Å². The molecule has 0 radical (unpaired) electrons. The molecule has 6 nitrogen and oxygen atoms in total. The van der Waals surface area contributed by atoms with Gasteiger partial charge in [-0.25, -0.2) is 9.18 Å². The molecule has 0 saturated heterocycles. The standard InChI is InChI=1S/C21H22FNO5/c1-21(2,3)20(26)23-14-7-5-13(6-8-14)18(24)12-28-19(25)16-10-9-15(27-4)11-17(16)22/h5-11H,12H2,1-4H3,(H,23,26). The molecule has 0 aliphatic heterocycles. The largest absolute Gasteiger partial charge is 0.497 e. The number of hydrogen-bond donors (Lipinski definition) is 1. The first-order valence-corrected chi connectivity index (χ1v) is 8.57. The van der Waals surface area contributed by atoms with Crippen LogP contribution >= 0.6 is 0 Å². The van der Waals surface area contributed by atoms with Crippen molar-refractivity contribution in [2.24, 2.45) is 5.41 Å². The van der Waals surface area contributed by atoms with Crippen LogP contribution in [0, 0.1) is 11.2 Å². The van der Waals surface area contributed by atoms with E-state index in [1.54, 1.807) is 32.9 Å². The predicted octanol–water partition coefficient (Wildman–Crippen LogP) is 3.86. The lowest BCUT2D eigenvalue weighted by Crippen LogP contribution is -2.27. The van der Waals surface area contributed by atoms with Gasteiger partial charge in [0.05, 0.1) is 12.7 Å². The van der Waals surface area contributed by atoms with E-state index in [2.05, 4.69) is 5.32 Å². The number of rotatable bonds is 6. The molecule has 0 aliphatic rings. The topological polar surface area (TPSA) is 81.7 Å². The second-order valence-electron chi connectivity index (χ2n) is 7.13. The summed E-state index contributed by atoms with van der Waals surface area (Å²) in [5.74, 6) is -2.07. The van der Waals surface area contributed by atoms with Crippen molar-refractivity contribution < 1.29 is 28.2 Å². The van der Waals surface area contributed by atoms with Crippen LogP contribution in [0.25, 0.3) is 0 Å². The maximum atomic E-state index is 13.9. The Morgan fingerprint density at radius 1 is 1.04 bits per heavy atom. The Morgan fingerprint density at radius 3 is 2.21 bits per heavy atom. The molecule has 2 rings (SSSR count). The first kappa shape index (κ1) is 21.1. The third-order valence-corrected chi connectivity index (χ3v) is 3.88. The van der Waals surface area contributed by atoms with Crippen LogP contribution in [0.3, 0.4) is 0 Å². The fourth-order valence-electron chi connectivity index (χ4n) is 2.14. The van der Waals surface area contributed by atoms with E-state index in [1.807, 2.05) is 0 Å². The minimum Gasteiger partial charge on any atom is -0.497 e. The molecule has 0 unspecified atom stereocenters. The number of hydrogen-bond acceptors (Lipinski definition) is 5. The van der Waals surface area contributed by atoms with E-state index in [9.17, 15) is 18.8 Å². The summed E-state index contributed by atoms with van der Waals surface area (Å²) < 4.78 is 23.6. The minimum absolute atomic E-state index is 0.151. The third kappa shape index (κ3) is 5.39. The van der Waals surface area contributed by atoms with Gasteiger partial charge in [-0.05, 0) is 36.4 Å². The van der Waals surface area contributed by atoms with E-state index in [4.69, 9.17) is 9.47 Å². The molecule has 0 fully saturated rings. The summed E-state index contributed by atoms with van der Waals surface area (Å²) in [5.41, 5.74) is 0.0266. The normalized spacial score (nSPS) is 10.9. The van der Waals surface area contributed by atoms with Gasteiger partial charge < -0.3 is 14.8 Å². The van der Waals surface area contributed by atoms with Gasteiger partial charge in [-0.15, -0.1) is 0 Å². The van der Waals surface area contributed by atoms with Crippen LogP contribution in [0.1, 0.15) is 41.5 Å². The van der Waals surface area contributed by atoms with Crippen molar-refractivity contribution in [1.29, 1.82) is 0 Å². The Balaban J connectivity index is 1.96. The molecule has 148 valence electrons. The SMILES string of the molecule is COc1ccc(C(=O)OCC(=O)c2ccc(NC(=O)C(C)(C)C)cc2)c(F)c1. The molecular formula is C21H22FNO5. The number of ether oxygens (including phenoxy) is 2. The van der Waals surface area contributed by atoms with Crippen LogP contribution in [0.4, 0.5) is 10.1 Å². The van der Waals surface area contributed by atoms with Crippen LogP contribution in [0.2, 0.25) is 0 Å². The highest BCUT2D eigenvalue weighted by Gasteiger charge is 2.21. The van der Waals surface area contributed by atoms with E-state index in [-0.39, 0.29) is 17.2 Å². The van der Waals surface area contributed by atoms with Crippen molar-refractivity contribution in [3.8, 4) is 5.75 Å². The zero-order valence-electron chi connectivity index (χ0n) is 16.2. The molecule has 0 saturated carbocycles. The average Bonchev–Trinajstić information content (AvgIpc) is 2.65.